The molecule has 0 radical (unpaired) electrons. The van der Waals surface area contributed by atoms with E-state index >= 15 is 0 Å². The number of anilines is 1. The molecule has 3 rings (SSSR count). The molecule has 1 aliphatic rings. The van der Waals surface area contributed by atoms with Crippen molar-refractivity contribution >= 4 is 25.1 Å². The van der Waals surface area contributed by atoms with Crippen LogP contribution in [0.2, 0.25) is 0 Å². The van der Waals surface area contributed by atoms with Gasteiger partial charge < -0.3 is 9.64 Å². The van der Waals surface area contributed by atoms with Gasteiger partial charge in [0.15, 0.2) is 0 Å². The monoisotopic (exact) mass is 350 g/mol. The molecule has 7 heteroatoms. The van der Waals surface area contributed by atoms with Crippen LogP contribution < -0.4 is 15.1 Å². The van der Waals surface area contributed by atoms with Crippen molar-refractivity contribution < 1.29 is 19.1 Å². The maximum atomic E-state index is 13.5. The number of nitrogens with zero attached hydrogens (tertiary/aromatic N) is 1. The lowest BCUT2D eigenvalue weighted by atomic mass is 10.1. The number of hydroxylamine groups is 1. The molecule has 24 heavy (non-hydrogen) atoms. The Morgan fingerprint density at radius 2 is 2.12 bits per heavy atom. The molecule has 0 saturated heterocycles. The standard InChI is InChI=1S/C17H17FN2O3.H2S/c1-11-10-23-16-7-12(17(21)19-22)5-6-13(16)9-20(11)15-4-2-3-14(18)8-15;/h2-8,11,22H,9-10H2,1H3,(H,19,21);1H2/t11-;/m0./s1. The Labute approximate surface area is 146 Å². The molecule has 1 amide bonds. The summed E-state index contributed by atoms with van der Waals surface area (Å²) in [4.78, 5) is 13.6. The fraction of sp³-hybridized carbons (Fsp3) is 0.235. The molecule has 0 aromatic heterocycles. The minimum Gasteiger partial charge on any atom is -0.491 e. The van der Waals surface area contributed by atoms with Gasteiger partial charge in [-0.1, -0.05) is 12.1 Å². The SMILES string of the molecule is C[C@H]1COc2cc(C(=O)NO)ccc2CN1c1cccc(F)c1.S. The topological polar surface area (TPSA) is 61.8 Å². The van der Waals surface area contributed by atoms with Gasteiger partial charge in [-0.2, -0.15) is 13.5 Å². The Morgan fingerprint density at radius 1 is 1.33 bits per heavy atom. The van der Waals surface area contributed by atoms with Gasteiger partial charge in [0.25, 0.3) is 5.91 Å². The fourth-order valence-corrected chi connectivity index (χ4v) is 2.67. The molecule has 0 unspecified atom stereocenters. The maximum absolute atomic E-state index is 13.5. The molecular formula is C17H19FN2O3S. The van der Waals surface area contributed by atoms with Crippen molar-refractivity contribution in [3.63, 3.8) is 0 Å². The predicted molar refractivity (Wildman–Crippen MR) is 93.6 cm³/mol. The molecule has 1 heterocycles. The lowest BCUT2D eigenvalue weighted by Crippen LogP contribution is -2.34. The molecule has 0 fully saturated rings. The zero-order chi connectivity index (χ0) is 16.4. The quantitative estimate of drug-likeness (QED) is 0.646. The number of nitrogens with one attached hydrogen (secondary N) is 1. The normalized spacial score (nSPS) is 16.3. The number of carbonyl (C=O) groups is 1. The molecule has 2 N–H and O–H groups in total. The number of benzene rings is 2. The highest BCUT2D eigenvalue weighted by Gasteiger charge is 2.23. The number of amides is 1. The first-order valence-electron chi connectivity index (χ1n) is 7.31. The first kappa shape index (κ1) is 18.1. The predicted octanol–water partition coefficient (Wildman–Crippen LogP) is 2.85. The van der Waals surface area contributed by atoms with Gasteiger partial charge in [0.2, 0.25) is 0 Å². The summed E-state index contributed by atoms with van der Waals surface area (Å²) in [7, 11) is 0. The first-order chi connectivity index (χ1) is 11.1. The van der Waals surface area contributed by atoms with Crippen molar-refractivity contribution in [1.29, 1.82) is 0 Å². The minimum atomic E-state index is -0.587. The highest BCUT2D eigenvalue weighted by atomic mass is 32.1. The molecular weight excluding hydrogens is 331 g/mol. The van der Waals surface area contributed by atoms with E-state index in [0.29, 0.717) is 24.5 Å². The summed E-state index contributed by atoms with van der Waals surface area (Å²) in [5.74, 6) is -0.275. The van der Waals surface area contributed by atoms with Crippen molar-refractivity contribution in [2.75, 3.05) is 11.5 Å². The highest BCUT2D eigenvalue weighted by Crippen LogP contribution is 2.30. The largest absolute Gasteiger partial charge is 0.491 e. The van der Waals surface area contributed by atoms with Crippen LogP contribution >= 0.6 is 13.5 Å². The van der Waals surface area contributed by atoms with E-state index in [1.165, 1.54) is 12.1 Å². The van der Waals surface area contributed by atoms with Gasteiger partial charge in [0.05, 0.1) is 6.04 Å². The van der Waals surface area contributed by atoms with Crippen LogP contribution in [0.1, 0.15) is 22.8 Å². The zero-order valence-corrected chi connectivity index (χ0v) is 14.1. The average molecular weight is 350 g/mol. The summed E-state index contributed by atoms with van der Waals surface area (Å²) in [6, 6.07) is 11.5. The number of rotatable bonds is 2. The number of halogens is 1. The Bertz CT molecular complexity index is 742. The van der Waals surface area contributed by atoms with Gasteiger partial charge in [-0.05, 0) is 37.3 Å². The number of carbonyl (C=O) groups excluding carboxylic acids is 1. The van der Waals surface area contributed by atoms with Gasteiger partial charge in [0, 0.05) is 23.4 Å². The molecule has 0 saturated carbocycles. The number of hydrogen-bond acceptors (Lipinski definition) is 4. The Kier molecular flexibility index (Phi) is 5.69. The first-order valence-corrected chi connectivity index (χ1v) is 7.31. The Balaban J connectivity index is 0.00000208. The van der Waals surface area contributed by atoms with Crippen molar-refractivity contribution in [2.45, 2.75) is 19.5 Å². The van der Waals surface area contributed by atoms with Gasteiger partial charge in [-0.25, -0.2) is 9.87 Å². The van der Waals surface area contributed by atoms with Crippen LogP contribution in [0.5, 0.6) is 5.75 Å². The lowest BCUT2D eigenvalue weighted by Gasteiger charge is -2.28. The van der Waals surface area contributed by atoms with E-state index in [-0.39, 0.29) is 25.4 Å². The average Bonchev–Trinajstić information content (AvgIpc) is 2.73. The van der Waals surface area contributed by atoms with E-state index in [9.17, 15) is 9.18 Å². The molecule has 1 aliphatic heterocycles. The second kappa shape index (κ2) is 7.55. The fourth-order valence-electron chi connectivity index (χ4n) is 2.67. The van der Waals surface area contributed by atoms with Gasteiger partial charge in [0.1, 0.15) is 18.2 Å². The molecule has 128 valence electrons. The summed E-state index contributed by atoms with van der Waals surface area (Å²) in [6.45, 7) is 2.95. The molecule has 2 aromatic rings. The summed E-state index contributed by atoms with van der Waals surface area (Å²) in [5.41, 5.74) is 3.60. The summed E-state index contributed by atoms with van der Waals surface area (Å²) in [5, 5.41) is 8.72. The third-order valence-corrected chi connectivity index (χ3v) is 3.92. The maximum Gasteiger partial charge on any atom is 0.274 e. The van der Waals surface area contributed by atoms with Crippen LogP contribution in [0.25, 0.3) is 0 Å². The number of fused-ring (bicyclic) bond motifs is 1. The minimum absolute atomic E-state index is 0. The number of hydrogen-bond donors (Lipinski definition) is 2. The van der Waals surface area contributed by atoms with Crippen molar-refractivity contribution in [3.05, 3.63) is 59.4 Å². The second-order valence-corrected chi connectivity index (χ2v) is 5.53. The molecule has 0 aliphatic carbocycles. The van der Waals surface area contributed by atoms with E-state index in [0.717, 1.165) is 11.3 Å². The Hall–Kier alpha value is -2.25. The zero-order valence-electron chi connectivity index (χ0n) is 13.1. The third-order valence-electron chi connectivity index (χ3n) is 3.92. The van der Waals surface area contributed by atoms with Crippen LogP contribution in [0.4, 0.5) is 10.1 Å². The summed E-state index contributed by atoms with van der Waals surface area (Å²) < 4.78 is 19.3. The number of ether oxygens (including phenoxy) is 1. The van der Waals surface area contributed by atoms with E-state index in [1.54, 1.807) is 29.7 Å². The van der Waals surface area contributed by atoms with Crippen molar-refractivity contribution in [2.24, 2.45) is 0 Å². The van der Waals surface area contributed by atoms with Crippen LogP contribution in [0.15, 0.2) is 42.5 Å². The van der Waals surface area contributed by atoms with Crippen LogP contribution in [0, 0.1) is 5.82 Å². The van der Waals surface area contributed by atoms with Gasteiger partial charge in [-0.15, -0.1) is 0 Å². The van der Waals surface area contributed by atoms with Crippen LogP contribution in [0.3, 0.4) is 0 Å². The van der Waals surface area contributed by atoms with E-state index < -0.39 is 5.91 Å². The lowest BCUT2D eigenvalue weighted by molar-refractivity contribution is 0.0706. The van der Waals surface area contributed by atoms with Gasteiger partial charge in [-0.3, -0.25) is 10.0 Å². The van der Waals surface area contributed by atoms with E-state index in [2.05, 4.69) is 4.90 Å². The second-order valence-electron chi connectivity index (χ2n) is 5.53. The third kappa shape index (κ3) is 3.63. The van der Waals surface area contributed by atoms with Crippen molar-refractivity contribution in [3.8, 4) is 5.75 Å². The van der Waals surface area contributed by atoms with Gasteiger partial charge >= 0.3 is 0 Å². The molecule has 2 aromatic carbocycles. The molecule has 0 bridgehead atoms. The Morgan fingerprint density at radius 3 is 2.83 bits per heavy atom. The smallest absolute Gasteiger partial charge is 0.274 e. The molecule has 1 atom stereocenters. The van der Waals surface area contributed by atoms with Crippen molar-refractivity contribution in [1.82, 2.24) is 5.48 Å². The van der Waals surface area contributed by atoms with E-state index in [4.69, 9.17) is 9.94 Å². The summed E-state index contributed by atoms with van der Waals surface area (Å²) >= 11 is 0. The van der Waals surface area contributed by atoms with Crippen LogP contribution in [-0.2, 0) is 6.54 Å². The van der Waals surface area contributed by atoms with E-state index in [1.807, 2.05) is 13.0 Å². The molecule has 5 nitrogen and oxygen atoms in total. The summed E-state index contributed by atoms with van der Waals surface area (Å²) in [6.07, 6.45) is 0. The highest BCUT2D eigenvalue weighted by molar-refractivity contribution is 7.59. The molecule has 0 spiro atoms. The van der Waals surface area contributed by atoms with Crippen LogP contribution in [-0.4, -0.2) is 23.8 Å².